The van der Waals surface area contributed by atoms with Crippen LogP contribution in [-0.2, 0) is 4.79 Å². The van der Waals surface area contributed by atoms with Gasteiger partial charge in [-0.1, -0.05) is 68.9 Å². The smallest absolute Gasteiger partial charge is 0.347 e. The molecular formula is C32H32ClFN6O2. The molecule has 1 amide bonds. The minimum Gasteiger partial charge on any atom is -0.347 e. The number of nitrogens with zero attached hydrogens (tertiary/aromatic N) is 6. The molecule has 0 aliphatic carbocycles. The van der Waals surface area contributed by atoms with Gasteiger partial charge in [-0.3, -0.25) is 9.78 Å². The van der Waals surface area contributed by atoms with E-state index in [-0.39, 0.29) is 30.7 Å². The molecule has 8 nitrogen and oxygen atoms in total. The van der Waals surface area contributed by atoms with Crippen LogP contribution in [0, 0.1) is 6.92 Å². The summed E-state index contributed by atoms with van der Waals surface area (Å²) in [7, 11) is 0. The van der Waals surface area contributed by atoms with Crippen molar-refractivity contribution in [2.75, 3.05) is 31.2 Å². The van der Waals surface area contributed by atoms with Gasteiger partial charge in [-0.25, -0.2) is 18.7 Å². The van der Waals surface area contributed by atoms with Gasteiger partial charge < -0.3 is 9.80 Å². The van der Waals surface area contributed by atoms with Gasteiger partial charge in [0.2, 0.25) is 5.91 Å². The quantitative estimate of drug-likeness (QED) is 0.257. The van der Waals surface area contributed by atoms with Crippen molar-refractivity contribution in [2.24, 2.45) is 0 Å². The van der Waals surface area contributed by atoms with Crippen LogP contribution in [0.15, 0.2) is 66.6 Å². The van der Waals surface area contributed by atoms with Gasteiger partial charge in [0.25, 0.3) is 0 Å². The van der Waals surface area contributed by atoms with E-state index in [0.717, 1.165) is 22.4 Å². The maximum absolute atomic E-state index is 14.5. The number of carbonyl (C=O) groups excluding carboxylic acids is 1. The maximum atomic E-state index is 14.5. The van der Waals surface area contributed by atoms with Gasteiger partial charge in [-0.05, 0) is 42.2 Å². The Morgan fingerprint density at radius 2 is 1.95 bits per heavy atom. The molecule has 0 unspecified atom stereocenters. The van der Waals surface area contributed by atoms with Crippen molar-refractivity contribution in [1.29, 1.82) is 0 Å². The zero-order valence-corrected chi connectivity index (χ0v) is 24.6. The number of anilines is 1. The van der Waals surface area contributed by atoms with E-state index in [2.05, 4.69) is 23.1 Å². The monoisotopic (exact) mass is 586 g/mol. The summed E-state index contributed by atoms with van der Waals surface area (Å²) in [6.45, 7) is 13.4. The van der Waals surface area contributed by atoms with Crippen LogP contribution in [0.1, 0.15) is 36.6 Å². The first kappa shape index (κ1) is 29.1. The van der Waals surface area contributed by atoms with E-state index >= 15 is 0 Å². The fraction of sp³-hybridized carbons (Fsp3) is 0.281. The van der Waals surface area contributed by atoms with Crippen molar-refractivity contribution in [1.82, 2.24) is 24.4 Å². The second-order valence-corrected chi connectivity index (χ2v) is 10.9. The Hall–Kier alpha value is -4.37. The van der Waals surface area contributed by atoms with Gasteiger partial charge in [0, 0.05) is 31.4 Å². The fourth-order valence-electron chi connectivity index (χ4n) is 5.49. The Morgan fingerprint density at radius 3 is 2.64 bits per heavy atom. The van der Waals surface area contributed by atoms with Crippen molar-refractivity contribution in [3.8, 4) is 16.9 Å². The number of alkyl halides is 1. The molecule has 0 radical (unpaired) electrons. The lowest BCUT2D eigenvalue weighted by Crippen LogP contribution is -2.56. The molecule has 1 atom stereocenters. The Labute approximate surface area is 248 Å². The minimum absolute atomic E-state index is 0.00109. The number of aromatic nitrogens is 4. The van der Waals surface area contributed by atoms with Crippen LogP contribution in [0.5, 0.6) is 0 Å². The first-order chi connectivity index (χ1) is 20.2. The average Bonchev–Trinajstić information content (AvgIpc) is 3.00. The molecule has 42 heavy (non-hydrogen) atoms. The second kappa shape index (κ2) is 11.9. The predicted octanol–water partition coefficient (Wildman–Crippen LogP) is 5.74. The number of hydrogen-bond acceptors (Lipinski definition) is 6. The molecule has 0 N–H and O–H groups in total. The molecule has 1 aromatic carbocycles. The van der Waals surface area contributed by atoms with E-state index < -0.39 is 18.4 Å². The van der Waals surface area contributed by atoms with E-state index in [1.807, 2.05) is 51.1 Å². The Balaban J connectivity index is 1.83. The van der Waals surface area contributed by atoms with Crippen LogP contribution in [0.4, 0.5) is 10.2 Å². The Kier molecular flexibility index (Phi) is 8.22. The zero-order valence-electron chi connectivity index (χ0n) is 23.8. The number of pyridine rings is 2. The van der Waals surface area contributed by atoms with Crippen molar-refractivity contribution < 1.29 is 9.18 Å². The number of fused-ring (bicyclic) bond motifs is 1. The highest BCUT2D eigenvalue weighted by molar-refractivity contribution is 6.34. The lowest BCUT2D eigenvalue weighted by Gasteiger charge is -2.41. The van der Waals surface area contributed by atoms with Crippen LogP contribution in [0.3, 0.4) is 0 Å². The highest BCUT2D eigenvalue weighted by Gasteiger charge is 2.32. The lowest BCUT2D eigenvalue weighted by atomic mass is 10.0. The molecule has 0 spiro atoms. The highest BCUT2D eigenvalue weighted by Crippen LogP contribution is 2.36. The van der Waals surface area contributed by atoms with Gasteiger partial charge in [0.1, 0.15) is 12.5 Å². The highest BCUT2D eigenvalue weighted by atomic mass is 35.5. The van der Waals surface area contributed by atoms with Gasteiger partial charge in [0.15, 0.2) is 5.65 Å². The van der Waals surface area contributed by atoms with E-state index in [4.69, 9.17) is 16.6 Å². The Morgan fingerprint density at radius 1 is 1.19 bits per heavy atom. The average molecular weight is 587 g/mol. The SMILES string of the molecule is C=CC(=O)N1CCN(c2nc(=O)n(-c3c(C)ccnc3C(C)C)c3nc(-c4ccccc4C=C)c(Cl)cc23)[C@@H](CF)C1. The lowest BCUT2D eigenvalue weighted by molar-refractivity contribution is -0.126. The molecule has 216 valence electrons. The summed E-state index contributed by atoms with van der Waals surface area (Å²) < 4.78 is 15.9. The van der Waals surface area contributed by atoms with Crippen molar-refractivity contribution in [3.05, 3.63) is 94.2 Å². The van der Waals surface area contributed by atoms with Crippen LogP contribution in [0.2, 0.25) is 5.02 Å². The molecule has 0 bridgehead atoms. The third-order valence-electron chi connectivity index (χ3n) is 7.58. The van der Waals surface area contributed by atoms with E-state index in [0.29, 0.717) is 34.0 Å². The topological polar surface area (TPSA) is 84.2 Å². The van der Waals surface area contributed by atoms with Crippen LogP contribution < -0.4 is 10.6 Å². The van der Waals surface area contributed by atoms with Crippen molar-refractivity contribution >= 4 is 40.4 Å². The summed E-state index contributed by atoms with van der Waals surface area (Å²) in [4.78, 5) is 43.7. The summed E-state index contributed by atoms with van der Waals surface area (Å²) in [5, 5.41) is 0.827. The summed E-state index contributed by atoms with van der Waals surface area (Å²) in [5.74, 6) is -0.00350. The van der Waals surface area contributed by atoms with Crippen molar-refractivity contribution in [3.63, 3.8) is 0 Å². The summed E-state index contributed by atoms with van der Waals surface area (Å²) in [6.07, 6.45) is 4.66. The van der Waals surface area contributed by atoms with Gasteiger partial charge >= 0.3 is 5.69 Å². The standard InChI is InChI=1S/C32H32ClFN6O2/c1-6-21-10-8-9-11-23(21)28-25(33)16-24-30(39-15-14-38(26(41)7-2)18-22(39)17-34)37-32(42)40(31(24)36-28)29-20(5)12-13-35-27(29)19(3)4/h6-13,16,19,22H,1-2,14-15,17-18H2,3-5H3/t22-/m0/s1. The van der Waals surface area contributed by atoms with Crippen LogP contribution in [-0.4, -0.2) is 62.7 Å². The first-order valence-corrected chi connectivity index (χ1v) is 14.1. The largest absolute Gasteiger partial charge is 0.355 e. The third-order valence-corrected chi connectivity index (χ3v) is 7.87. The molecule has 10 heteroatoms. The number of amides is 1. The predicted molar refractivity (Wildman–Crippen MR) is 166 cm³/mol. The summed E-state index contributed by atoms with van der Waals surface area (Å²) in [5.41, 5.74) is 3.95. The van der Waals surface area contributed by atoms with Crippen LogP contribution in [0.25, 0.3) is 34.1 Å². The molecule has 5 rings (SSSR count). The first-order valence-electron chi connectivity index (χ1n) is 13.7. The van der Waals surface area contributed by atoms with E-state index in [1.54, 1.807) is 28.1 Å². The normalized spacial score (nSPS) is 15.3. The van der Waals surface area contributed by atoms with E-state index in [9.17, 15) is 14.0 Å². The third kappa shape index (κ3) is 5.09. The number of carbonyl (C=O) groups is 1. The number of benzene rings is 1. The number of rotatable bonds is 7. The number of piperazine rings is 1. The maximum Gasteiger partial charge on any atom is 0.355 e. The molecule has 1 saturated heterocycles. The van der Waals surface area contributed by atoms with Crippen LogP contribution >= 0.6 is 11.6 Å². The van der Waals surface area contributed by atoms with Crippen molar-refractivity contribution in [2.45, 2.75) is 32.7 Å². The number of aryl methyl sites for hydroxylation is 1. The van der Waals surface area contributed by atoms with Gasteiger partial charge in [-0.2, -0.15) is 4.98 Å². The molecule has 4 heterocycles. The van der Waals surface area contributed by atoms with Gasteiger partial charge in [0.05, 0.1) is 33.5 Å². The molecule has 1 aliphatic heterocycles. The summed E-state index contributed by atoms with van der Waals surface area (Å²) in [6, 6.07) is 10.4. The molecular weight excluding hydrogens is 555 g/mol. The Bertz CT molecular complexity index is 1770. The molecule has 1 aliphatic rings. The number of halogens is 2. The molecule has 1 fully saturated rings. The second-order valence-electron chi connectivity index (χ2n) is 10.5. The van der Waals surface area contributed by atoms with E-state index in [1.165, 1.54) is 10.6 Å². The van der Waals surface area contributed by atoms with Gasteiger partial charge in [-0.15, -0.1) is 0 Å². The fourth-order valence-corrected chi connectivity index (χ4v) is 5.74. The zero-order chi connectivity index (χ0) is 30.1. The number of hydrogen-bond donors (Lipinski definition) is 0. The molecule has 3 aromatic heterocycles. The minimum atomic E-state index is -0.752. The molecule has 0 saturated carbocycles. The summed E-state index contributed by atoms with van der Waals surface area (Å²) >= 11 is 6.90. The molecule has 4 aromatic rings.